The van der Waals surface area contributed by atoms with E-state index in [1.807, 2.05) is 69.3 Å². The molecule has 6 nitrogen and oxygen atoms in total. The molecule has 5 rings (SSSR count). The predicted octanol–water partition coefficient (Wildman–Crippen LogP) is 5.42. The summed E-state index contributed by atoms with van der Waals surface area (Å²) in [5, 5.41) is 11.4. The maximum atomic E-state index is 13.3. The highest BCUT2D eigenvalue weighted by Crippen LogP contribution is 2.43. The molecule has 35 heavy (non-hydrogen) atoms. The van der Waals surface area contributed by atoms with Gasteiger partial charge in [-0.05, 0) is 74.4 Å². The molecule has 0 aromatic heterocycles. The number of ketones is 1. The lowest BCUT2D eigenvalue weighted by Crippen LogP contribution is -2.29. The van der Waals surface area contributed by atoms with Gasteiger partial charge in [0, 0.05) is 17.7 Å². The van der Waals surface area contributed by atoms with Gasteiger partial charge >= 0.3 is 0 Å². The number of ether oxygens (including phenoxy) is 2. The van der Waals surface area contributed by atoms with Gasteiger partial charge < -0.3 is 14.6 Å². The lowest BCUT2D eigenvalue weighted by Gasteiger charge is -2.25. The molecule has 6 heteroatoms. The molecule has 0 spiro atoms. The van der Waals surface area contributed by atoms with Crippen LogP contribution in [0.5, 0.6) is 11.5 Å². The molecule has 3 aromatic carbocycles. The van der Waals surface area contributed by atoms with E-state index in [9.17, 15) is 14.7 Å². The summed E-state index contributed by atoms with van der Waals surface area (Å²) in [5.41, 5.74) is 2.78. The number of benzene rings is 3. The monoisotopic (exact) mass is 469 g/mol. The molecule has 2 aliphatic rings. The zero-order valence-electron chi connectivity index (χ0n) is 19.9. The van der Waals surface area contributed by atoms with Gasteiger partial charge in [0.05, 0.1) is 17.7 Å². The first-order valence-corrected chi connectivity index (χ1v) is 11.8. The van der Waals surface area contributed by atoms with E-state index in [2.05, 4.69) is 0 Å². The van der Waals surface area contributed by atoms with Crippen molar-refractivity contribution in [3.05, 3.63) is 95.1 Å². The standard InChI is InChI=1S/C29H27NO5/c1-17(2)34-23-12-9-19(10-13-23)26-25(28(32)29(33)30(26)22-7-5-4-6-8-22)27(31)20-11-14-24-21(16-20)15-18(3)35-24/h4-14,16-18,26,31H,15H2,1-3H3/b27-25-. The molecule has 0 radical (unpaired) electrons. The van der Waals surface area contributed by atoms with Crippen molar-refractivity contribution in [2.75, 3.05) is 4.90 Å². The van der Waals surface area contributed by atoms with E-state index in [0.717, 1.165) is 17.7 Å². The highest BCUT2D eigenvalue weighted by atomic mass is 16.5. The first-order chi connectivity index (χ1) is 16.8. The number of aliphatic hydroxyl groups is 1. The zero-order valence-corrected chi connectivity index (χ0v) is 19.9. The summed E-state index contributed by atoms with van der Waals surface area (Å²) in [6, 6.07) is 20.9. The molecule has 2 aliphatic heterocycles. The van der Waals surface area contributed by atoms with Gasteiger partial charge in [0.2, 0.25) is 0 Å². The molecule has 3 aromatic rings. The minimum atomic E-state index is -0.783. The number of hydrogen-bond acceptors (Lipinski definition) is 5. The average molecular weight is 470 g/mol. The first kappa shape index (κ1) is 22.7. The maximum absolute atomic E-state index is 13.3. The fourth-order valence-corrected chi connectivity index (χ4v) is 4.73. The Morgan fingerprint density at radius 1 is 1.03 bits per heavy atom. The zero-order chi connectivity index (χ0) is 24.7. The molecule has 2 atom stereocenters. The number of para-hydroxylation sites is 1. The van der Waals surface area contributed by atoms with Crippen LogP contribution in [0, 0.1) is 0 Å². The fraction of sp³-hybridized carbons (Fsp3) is 0.241. The Hall–Kier alpha value is -4.06. The predicted molar refractivity (Wildman–Crippen MR) is 134 cm³/mol. The average Bonchev–Trinajstić information content (AvgIpc) is 3.35. The summed E-state index contributed by atoms with van der Waals surface area (Å²) in [7, 11) is 0. The molecule has 1 fully saturated rings. The fourth-order valence-electron chi connectivity index (χ4n) is 4.73. The van der Waals surface area contributed by atoms with Crippen molar-refractivity contribution < 1.29 is 24.2 Å². The molecule has 1 amide bonds. The summed E-state index contributed by atoms with van der Waals surface area (Å²) >= 11 is 0. The van der Waals surface area contributed by atoms with Crippen LogP contribution in [-0.2, 0) is 16.0 Å². The van der Waals surface area contributed by atoms with Crippen molar-refractivity contribution in [1.29, 1.82) is 0 Å². The topological polar surface area (TPSA) is 76.1 Å². The number of carbonyl (C=O) groups is 2. The lowest BCUT2D eigenvalue weighted by molar-refractivity contribution is -0.132. The van der Waals surface area contributed by atoms with E-state index < -0.39 is 17.7 Å². The molecule has 1 N–H and O–H groups in total. The third-order valence-electron chi connectivity index (χ3n) is 6.22. The third kappa shape index (κ3) is 4.16. The molecule has 1 saturated heterocycles. The van der Waals surface area contributed by atoms with Crippen LogP contribution in [0.1, 0.15) is 43.5 Å². The minimum Gasteiger partial charge on any atom is -0.507 e. The normalized spacial score (nSPS) is 20.7. The maximum Gasteiger partial charge on any atom is 0.300 e. The van der Waals surface area contributed by atoms with E-state index in [1.165, 1.54) is 4.90 Å². The summed E-state index contributed by atoms with van der Waals surface area (Å²) in [6.07, 6.45) is 0.787. The number of anilines is 1. The molecular weight excluding hydrogens is 442 g/mol. The van der Waals surface area contributed by atoms with Crippen LogP contribution in [0.4, 0.5) is 5.69 Å². The number of nitrogens with zero attached hydrogens (tertiary/aromatic N) is 1. The Balaban J connectivity index is 1.64. The van der Waals surface area contributed by atoms with Gasteiger partial charge in [-0.3, -0.25) is 14.5 Å². The second-order valence-corrected chi connectivity index (χ2v) is 9.20. The number of hydrogen-bond donors (Lipinski definition) is 1. The largest absolute Gasteiger partial charge is 0.507 e. The van der Waals surface area contributed by atoms with E-state index >= 15 is 0 Å². The van der Waals surface area contributed by atoms with Gasteiger partial charge in [0.1, 0.15) is 23.4 Å². The van der Waals surface area contributed by atoms with Crippen molar-refractivity contribution >= 4 is 23.1 Å². The van der Waals surface area contributed by atoms with Crippen LogP contribution in [0.3, 0.4) is 0 Å². The Morgan fingerprint density at radius 2 is 1.74 bits per heavy atom. The molecule has 0 saturated carbocycles. The number of fused-ring (bicyclic) bond motifs is 1. The lowest BCUT2D eigenvalue weighted by atomic mass is 9.94. The summed E-state index contributed by atoms with van der Waals surface area (Å²) in [4.78, 5) is 28.0. The van der Waals surface area contributed by atoms with E-state index in [-0.39, 0.29) is 23.5 Å². The number of carbonyl (C=O) groups excluding carboxylic acids is 2. The Labute approximate surface area is 204 Å². The molecule has 2 unspecified atom stereocenters. The SMILES string of the molecule is CC(C)Oc1ccc(C2/C(=C(/O)c3ccc4c(c3)CC(C)O4)C(=O)C(=O)N2c2ccccc2)cc1. The van der Waals surface area contributed by atoms with Crippen LogP contribution in [0.15, 0.2) is 78.4 Å². The molecule has 2 heterocycles. The number of Topliss-reactive ketones (excluding diaryl/α,β-unsaturated/α-hetero) is 1. The van der Waals surface area contributed by atoms with Crippen molar-refractivity contribution in [2.24, 2.45) is 0 Å². The van der Waals surface area contributed by atoms with Crippen LogP contribution >= 0.6 is 0 Å². The quantitative estimate of drug-likeness (QED) is 0.307. The summed E-state index contributed by atoms with van der Waals surface area (Å²) in [5.74, 6) is -0.131. The van der Waals surface area contributed by atoms with Gasteiger partial charge in [-0.15, -0.1) is 0 Å². The summed E-state index contributed by atoms with van der Waals surface area (Å²) < 4.78 is 11.5. The van der Waals surface area contributed by atoms with Crippen molar-refractivity contribution in [3.63, 3.8) is 0 Å². The second kappa shape index (κ2) is 8.95. The van der Waals surface area contributed by atoms with Crippen LogP contribution in [-0.4, -0.2) is 29.0 Å². The van der Waals surface area contributed by atoms with Crippen LogP contribution in [0.2, 0.25) is 0 Å². The number of aliphatic hydroxyl groups excluding tert-OH is 1. The van der Waals surface area contributed by atoms with Gasteiger partial charge in [-0.25, -0.2) is 0 Å². The second-order valence-electron chi connectivity index (χ2n) is 9.20. The van der Waals surface area contributed by atoms with E-state index in [0.29, 0.717) is 22.6 Å². The number of rotatable bonds is 5. The van der Waals surface area contributed by atoms with Gasteiger partial charge in [0.25, 0.3) is 11.7 Å². The Morgan fingerprint density at radius 3 is 2.43 bits per heavy atom. The summed E-state index contributed by atoms with van der Waals surface area (Å²) in [6.45, 7) is 5.87. The Kier molecular flexibility index (Phi) is 5.81. The van der Waals surface area contributed by atoms with Crippen molar-refractivity contribution in [1.82, 2.24) is 0 Å². The van der Waals surface area contributed by atoms with Crippen molar-refractivity contribution in [2.45, 2.75) is 45.4 Å². The van der Waals surface area contributed by atoms with Gasteiger partial charge in [-0.2, -0.15) is 0 Å². The van der Waals surface area contributed by atoms with Gasteiger partial charge in [0.15, 0.2) is 0 Å². The first-order valence-electron chi connectivity index (χ1n) is 11.8. The van der Waals surface area contributed by atoms with Crippen molar-refractivity contribution in [3.8, 4) is 11.5 Å². The van der Waals surface area contributed by atoms with Gasteiger partial charge in [-0.1, -0.05) is 30.3 Å². The molecule has 0 aliphatic carbocycles. The van der Waals surface area contributed by atoms with Crippen LogP contribution < -0.4 is 14.4 Å². The molecule has 0 bridgehead atoms. The van der Waals surface area contributed by atoms with E-state index in [4.69, 9.17) is 9.47 Å². The Bertz CT molecular complexity index is 1310. The van der Waals surface area contributed by atoms with Crippen LogP contribution in [0.25, 0.3) is 5.76 Å². The smallest absolute Gasteiger partial charge is 0.300 e. The third-order valence-corrected chi connectivity index (χ3v) is 6.22. The number of amides is 1. The molecular formula is C29H27NO5. The van der Waals surface area contributed by atoms with E-state index in [1.54, 1.807) is 24.3 Å². The highest BCUT2D eigenvalue weighted by molar-refractivity contribution is 6.51. The minimum absolute atomic E-state index is 0.0160. The molecule has 178 valence electrons. The highest BCUT2D eigenvalue weighted by Gasteiger charge is 2.47.